The third kappa shape index (κ3) is 3.64. The van der Waals surface area contributed by atoms with Gasteiger partial charge in [-0.25, -0.2) is 4.79 Å². The predicted molar refractivity (Wildman–Crippen MR) is 84.1 cm³/mol. The van der Waals surface area contributed by atoms with Crippen LogP contribution in [0.4, 0.5) is 4.79 Å². The van der Waals surface area contributed by atoms with Crippen LogP contribution in [0.5, 0.6) is 0 Å². The first-order valence-electron chi connectivity index (χ1n) is 7.92. The number of ether oxygens (including phenoxy) is 1. The summed E-state index contributed by atoms with van der Waals surface area (Å²) < 4.78 is 5.61. The molecular weight excluding hydrogens is 296 g/mol. The van der Waals surface area contributed by atoms with Crippen molar-refractivity contribution in [3.8, 4) is 0 Å². The monoisotopic (exact) mass is 318 g/mol. The van der Waals surface area contributed by atoms with E-state index in [9.17, 15) is 9.59 Å². The molecule has 124 valence electrons. The van der Waals surface area contributed by atoms with Crippen molar-refractivity contribution in [2.75, 3.05) is 26.7 Å². The molecule has 1 spiro atoms. The number of aliphatic carboxylic acids is 1. The second kappa shape index (κ2) is 6.20. The number of amides is 1. The highest BCUT2D eigenvalue weighted by atomic mass is 16.6. The topological polar surface area (TPSA) is 70.1 Å². The highest BCUT2D eigenvalue weighted by molar-refractivity contribution is 5.70. The minimum Gasteiger partial charge on any atom is -0.481 e. The number of rotatable bonds is 4. The number of hydrogen-bond donors (Lipinski definition) is 1. The number of carbonyl (C=O) groups is 2. The number of piperidine rings is 1. The quantitative estimate of drug-likeness (QED) is 0.915. The van der Waals surface area contributed by atoms with Gasteiger partial charge in [-0.15, -0.1) is 0 Å². The van der Waals surface area contributed by atoms with Gasteiger partial charge < -0.3 is 14.7 Å². The Morgan fingerprint density at radius 1 is 1.26 bits per heavy atom. The lowest BCUT2D eigenvalue weighted by Crippen LogP contribution is -2.50. The Balaban J connectivity index is 1.62. The summed E-state index contributed by atoms with van der Waals surface area (Å²) in [5.41, 5.74) is 1.59. The Kier molecular flexibility index (Phi) is 4.26. The highest BCUT2D eigenvalue weighted by Gasteiger charge is 2.46. The zero-order valence-electron chi connectivity index (χ0n) is 13.3. The van der Waals surface area contributed by atoms with E-state index in [1.165, 1.54) is 0 Å². The van der Waals surface area contributed by atoms with Crippen molar-refractivity contribution in [2.24, 2.45) is 0 Å². The van der Waals surface area contributed by atoms with E-state index < -0.39 is 5.97 Å². The summed E-state index contributed by atoms with van der Waals surface area (Å²) in [6, 6.07) is 7.69. The molecule has 0 saturated carbocycles. The van der Waals surface area contributed by atoms with Crippen molar-refractivity contribution >= 4 is 12.1 Å². The van der Waals surface area contributed by atoms with Gasteiger partial charge in [-0.05, 0) is 30.5 Å². The van der Waals surface area contributed by atoms with Crippen LogP contribution in [0.2, 0.25) is 0 Å². The zero-order chi connectivity index (χ0) is 16.4. The maximum atomic E-state index is 11.7. The molecule has 1 aromatic rings. The number of hydrogen-bond acceptors (Lipinski definition) is 4. The number of carboxylic acid groups (broad SMARTS) is 1. The van der Waals surface area contributed by atoms with Gasteiger partial charge in [0.1, 0.15) is 5.60 Å². The summed E-state index contributed by atoms with van der Waals surface area (Å²) in [5, 5.41) is 8.80. The fraction of sp³-hybridized carbons (Fsp3) is 0.529. The van der Waals surface area contributed by atoms with E-state index in [0.717, 1.165) is 43.6 Å². The van der Waals surface area contributed by atoms with Crippen molar-refractivity contribution < 1.29 is 19.4 Å². The molecule has 1 atom stereocenters. The summed E-state index contributed by atoms with van der Waals surface area (Å²) in [5.74, 6) is -0.817. The molecule has 0 aliphatic carbocycles. The van der Waals surface area contributed by atoms with Crippen LogP contribution in [0.3, 0.4) is 0 Å². The van der Waals surface area contributed by atoms with Crippen LogP contribution in [0.1, 0.15) is 24.0 Å². The molecule has 6 heteroatoms. The summed E-state index contributed by atoms with van der Waals surface area (Å²) in [7, 11) is 1.78. The third-order valence-electron chi connectivity index (χ3n) is 4.54. The summed E-state index contributed by atoms with van der Waals surface area (Å²) in [6.07, 6.45) is 1.75. The predicted octanol–water partition coefficient (Wildman–Crippen LogP) is 1.73. The van der Waals surface area contributed by atoms with Gasteiger partial charge in [-0.1, -0.05) is 24.3 Å². The minimum absolute atomic E-state index is 0.0510. The first-order chi connectivity index (χ1) is 11.0. The van der Waals surface area contributed by atoms with Crippen LogP contribution in [0.15, 0.2) is 24.3 Å². The Labute approximate surface area is 135 Å². The number of carboxylic acids is 1. The Bertz CT molecular complexity index is 601. The summed E-state index contributed by atoms with van der Waals surface area (Å²) in [6.45, 7) is 3.18. The van der Waals surface area contributed by atoms with Crippen molar-refractivity contribution in [1.82, 2.24) is 9.80 Å². The highest BCUT2D eigenvalue weighted by Crippen LogP contribution is 2.31. The van der Waals surface area contributed by atoms with Crippen molar-refractivity contribution in [1.29, 1.82) is 0 Å². The standard InChI is InChI=1S/C17H22N2O4/c1-18-11-17(23-16(18)22)7-2-8-19(12-17)10-14-5-3-13(4-6-14)9-15(20)21/h3-6H,2,7-12H2,1H3,(H,20,21)/t17-/m0/s1. The molecule has 2 saturated heterocycles. The molecule has 6 nitrogen and oxygen atoms in total. The molecule has 3 rings (SSSR count). The number of benzene rings is 1. The fourth-order valence-electron chi connectivity index (χ4n) is 3.53. The van der Waals surface area contributed by atoms with E-state index >= 15 is 0 Å². The van der Waals surface area contributed by atoms with E-state index in [1.807, 2.05) is 24.3 Å². The number of likely N-dealkylation sites (N-methyl/N-ethyl adjacent to an activating group) is 1. The molecule has 0 radical (unpaired) electrons. The lowest BCUT2D eigenvalue weighted by atomic mass is 9.92. The zero-order valence-corrected chi connectivity index (χ0v) is 13.3. The Morgan fingerprint density at radius 2 is 1.96 bits per heavy atom. The van der Waals surface area contributed by atoms with E-state index in [4.69, 9.17) is 9.84 Å². The van der Waals surface area contributed by atoms with E-state index in [2.05, 4.69) is 4.90 Å². The number of carbonyl (C=O) groups excluding carboxylic acids is 1. The average Bonchev–Trinajstić information content (AvgIpc) is 2.74. The van der Waals surface area contributed by atoms with Crippen LogP contribution >= 0.6 is 0 Å². The molecule has 2 heterocycles. The van der Waals surface area contributed by atoms with Gasteiger partial charge in [-0.3, -0.25) is 9.69 Å². The van der Waals surface area contributed by atoms with Crippen LogP contribution in [-0.4, -0.2) is 59.3 Å². The minimum atomic E-state index is -0.817. The van der Waals surface area contributed by atoms with Gasteiger partial charge in [0.15, 0.2) is 0 Å². The second-order valence-corrected chi connectivity index (χ2v) is 6.61. The molecule has 23 heavy (non-hydrogen) atoms. The Morgan fingerprint density at radius 3 is 2.57 bits per heavy atom. The van der Waals surface area contributed by atoms with Gasteiger partial charge in [0.25, 0.3) is 0 Å². The Hall–Kier alpha value is -2.08. The van der Waals surface area contributed by atoms with Crippen LogP contribution in [0, 0.1) is 0 Å². The van der Waals surface area contributed by atoms with Crippen molar-refractivity contribution in [3.63, 3.8) is 0 Å². The molecule has 0 unspecified atom stereocenters. The van der Waals surface area contributed by atoms with E-state index in [-0.39, 0.29) is 18.1 Å². The summed E-state index contributed by atoms with van der Waals surface area (Å²) in [4.78, 5) is 26.3. The van der Waals surface area contributed by atoms with Crippen molar-refractivity contribution in [2.45, 2.75) is 31.4 Å². The molecule has 2 aliphatic heterocycles. The van der Waals surface area contributed by atoms with Gasteiger partial charge >= 0.3 is 12.1 Å². The summed E-state index contributed by atoms with van der Waals surface area (Å²) >= 11 is 0. The molecule has 0 bridgehead atoms. The smallest absolute Gasteiger partial charge is 0.410 e. The molecule has 2 aliphatic rings. The molecular formula is C17H22N2O4. The molecule has 1 aromatic carbocycles. The van der Waals surface area contributed by atoms with Gasteiger partial charge in [-0.2, -0.15) is 0 Å². The average molecular weight is 318 g/mol. The van der Waals surface area contributed by atoms with Crippen molar-refractivity contribution in [3.05, 3.63) is 35.4 Å². The molecule has 2 fully saturated rings. The van der Waals surface area contributed by atoms with Gasteiger partial charge in [0, 0.05) is 20.1 Å². The normalized spacial score (nSPS) is 24.9. The number of nitrogens with zero attached hydrogens (tertiary/aromatic N) is 2. The largest absolute Gasteiger partial charge is 0.481 e. The van der Waals surface area contributed by atoms with Gasteiger partial charge in [0.05, 0.1) is 13.0 Å². The SMILES string of the molecule is CN1C[C@]2(CCCN(Cc3ccc(CC(=O)O)cc3)C2)OC1=O. The van der Waals surface area contributed by atoms with E-state index in [0.29, 0.717) is 6.54 Å². The van der Waals surface area contributed by atoms with Crippen LogP contribution in [-0.2, 0) is 22.5 Å². The molecule has 1 amide bonds. The lowest BCUT2D eigenvalue weighted by Gasteiger charge is -2.38. The van der Waals surface area contributed by atoms with Crippen LogP contribution < -0.4 is 0 Å². The number of likely N-dealkylation sites (tertiary alicyclic amines) is 1. The molecule has 1 N–H and O–H groups in total. The van der Waals surface area contributed by atoms with Crippen LogP contribution in [0.25, 0.3) is 0 Å². The molecule has 0 aromatic heterocycles. The first-order valence-corrected chi connectivity index (χ1v) is 7.92. The van der Waals surface area contributed by atoms with Gasteiger partial charge in [0.2, 0.25) is 0 Å². The maximum absolute atomic E-state index is 11.7. The maximum Gasteiger partial charge on any atom is 0.410 e. The lowest BCUT2D eigenvalue weighted by molar-refractivity contribution is -0.136. The van der Waals surface area contributed by atoms with E-state index in [1.54, 1.807) is 11.9 Å². The third-order valence-corrected chi connectivity index (χ3v) is 4.54. The fourth-order valence-corrected chi connectivity index (χ4v) is 3.53. The second-order valence-electron chi connectivity index (χ2n) is 6.61. The first kappa shape index (κ1) is 15.8.